The quantitative estimate of drug-likeness (QED) is 0.398. The molecule has 1 rings (SSSR count). The van der Waals surface area contributed by atoms with Crippen LogP contribution in [0.4, 0.5) is 0 Å². The standard InChI is InChI=1S/C22H37BN3O/c1-16(14-27)20(26(10)17(2)25(8)9)19-18(12-11-13-24-19)23-15-22(6,7)21(3,4)5/h12,14,24H,1-2,11,13,15H2,3-10H3/b20-19+. The second-order valence-electron chi connectivity index (χ2n) is 9.15. The van der Waals surface area contributed by atoms with E-state index in [1.165, 1.54) is 0 Å². The minimum absolute atomic E-state index is 0.150. The van der Waals surface area contributed by atoms with Gasteiger partial charge in [0.15, 0.2) is 13.6 Å². The van der Waals surface area contributed by atoms with Crippen molar-refractivity contribution < 1.29 is 4.79 Å². The molecule has 0 saturated heterocycles. The van der Waals surface area contributed by atoms with E-state index in [0.717, 1.165) is 48.3 Å². The number of carbonyl (C=O) groups excluding carboxylic acids is 1. The molecule has 0 saturated carbocycles. The predicted octanol–water partition coefficient (Wildman–Crippen LogP) is 3.99. The van der Waals surface area contributed by atoms with Crippen LogP contribution in [0.15, 0.2) is 47.5 Å². The molecule has 0 aromatic rings. The molecule has 1 aliphatic heterocycles. The van der Waals surface area contributed by atoms with Crippen LogP contribution < -0.4 is 5.32 Å². The fraction of sp³-hybridized carbons (Fsp3) is 0.591. The van der Waals surface area contributed by atoms with Gasteiger partial charge < -0.3 is 15.1 Å². The SMILES string of the molecule is C=C(C=O)/C(=C1\NCCC=C1[B]CC(C)(C)C(C)(C)C)N(C)C(=C)N(C)C. The van der Waals surface area contributed by atoms with Crippen LogP contribution in [0.1, 0.15) is 41.0 Å². The maximum Gasteiger partial charge on any atom is 0.154 e. The highest BCUT2D eigenvalue weighted by molar-refractivity contribution is 6.47. The zero-order chi connectivity index (χ0) is 21.0. The third-order valence-electron chi connectivity index (χ3n) is 5.88. The van der Waals surface area contributed by atoms with E-state index in [1.54, 1.807) is 0 Å². The van der Waals surface area contributed by atoms with E-state index in [1.807, 2.05) is 30.9 Å². The zero-order valence-electron chi connectivity index (χ0n) is 18.6. The lowest BCUT2D eigenvalue weighted by Crippen LogP contribution is -2.35. The molecule has 4 nitrogen and oxygen atoms in total. The van der Waals surface area contributed by atoms with E-state index in [4.69, 9.17) is 0 Å². The predicted molar refractivity (Wildman–Crippen MR) is 117 cm³/mol. The average molecular weight is 370 g/mol. The van der Waals surface area contributed by atoms with Gasteiger partial charge in [0, 0.05) is 33.3 Å². The van der Waals surface area contributed by atoms with Gasteiger partial charge in [-0.25, -0.2) is 0 Å². The molecule has 0 amide bonds. The van der Waals surface area contributed by atoms with E-state index in [-0.39, 0.29) is 10.8 Å². The number of allylic oxidation sites excluding steroid dienone is 2. The summed E-state index contributed by atoms with van der Waals surface area (Å²) >= 11 is 0. The monoisotopic (exact) mass is 370 g/mol. The van der Waals surface area contributed by atoms with Crippen molar-refractivity contribution in [3.8, 4) is 0 Å². The molecule has 0 aliphatic carbocycles. The molecule has 1 heterocycles. The number of aldehydes is 1. The van der Waals surface area contributed by atoms with Gasteiger partial charge >= 0.3 is 0 Å². The summed E-state index contributed by atoms with van der Waals surface area (Å²) in [5.74, 6) is 0.794. The number of nitrogens with zero attached hydrogens (tertiary/aromatic N) is 2. The van der Waals surface area contributed by atoms with Gasteiger partial charge in [-0.15, -0.1) is 0 Å². The largest absolute Gasteiger partial charge is 0.383 e. The Morgan fingerprint density at radius 1 is 1.22 bits per heavy atom. The molecular weight excluding hydrogens is 333 g/mol. The third kappa shape index (κ3) is 5.54. The number of carbonyl (C=O) groups is 1. The van der Waals surface area contributed by atoms with Gasteiger partial charge in [0.2, 0.25) is 0 Å². The molecule has 0 aromatic carbocycles. The van der Waals surface area contributed by atoms with E-state index in [9.17, 15) is 4.79 Å². The number of likely N-dealkylation sites (N-methyl/N-ethyl adjacent to an activating group) is 1. The second kappa shape index (κ2) is 8.86. The molecule has 0 fully saturated rings. The van der Waals surface area contributed by atoms with Crippen molar-refractivity contribution in [2.24, 2.45) is 10.8 Å². The van der Waals surface area contributed by atoms with Crippen molar-refractivity contribution in [2.45, 2.75) is 47.4 Å². The highest BCUT2D eigenvalue weighted by atomic mass is 16.1. The maximum absolute atomic E-state index is 11.6. The lowest BCUT2D eigenvalue weighted by molar-refractivity contribution is -0.104. The maximum atomic E-state index is 11.6. The summed E-state index contributed by atoms with van der Waals surface area (Å²) in [5, 5.41) is 3.49. The Bertz CT molecular complexity index is 651. The second-order valence-corrected chi connectivity index (χ2v) is 9.15. The molecule has 0 unspecified atom stereocenters. The highest BCUT2D eigenvalue weighted by Gasteiger charge is 2.33. The lowest BCUT2D eigenvalue weighted by Gasteiger charge is -2.40. The molecule has 0 atom stereocenters. The Kier molecular flexibility index (Phi) is 7.59. The van der Waals surface area contributed by atoms with Gasteiger partial charge in [0.05, 0.1) is 11.4 Å². The van der Waals surface area contributed by atoms with Crippen LogP contribution in [0.2, 0.25) is 6.32 Å². The van der Waals surface area contributed by atoms with E-state index in [0.29, 0.717) is 5.57 Å². The summed E-state index contributed by atoms with van der Waals surface area (Å²) in [6.45, 7) is 20.4. The molecule has 0 spiro atoms. The van der Waals surface area contributed by atoms with Gasteiger partial charge in [-0.3, -0.25) is 4.79 Å². The van der Waals surface area contributed by atoms with Gasteiger partial charge in [-0.1, -0.05) is 65.6 Å². The van der Waals surface area contributed by atoms with Crippen molar-refractivity contribution in [1.29, 1.82) is 0 Å². The molecule has 27 heavy (non-hydrogen) atoms. The van der Waals surface area contributed by atoms with E-state index < -0.39 is 0 Å². The van der Waals surface area contributed by atoms with Crippen molar-refractivity contribution in [3.05, 3.63) is 47.5 Å². The summed E-state index contributed by atoms with van der Waals surface area (Å²) in [6.07, 6.45) is 4.97. The first kappa shape index (κ1) is 23.1. The molecule has 149 valence electrons. The Hall–Kier alpha value is -1.91. The van der Waals surface area contributed by atoms with Crippen LogP contribution in [-0.4, -0.2) is 51.1 Å². The summed E-state index contributed by atoms with van der Waals surface area (Å²) in [4.78, 5) is 15.4. The van der Waals surface area contributed by atoms with E-state index in [2.05, 4.69) is 66.4 Å². The van der Waals surface area contributed by atoms with Crippen LogP contribution >= 0.6 is 0 Å². The summed E-state index contributed by atoms with van der Waals surface area (Å²) in [6, 6.07) is 0. The average Bonchev–Trinajstić information content (AvgIpc) is 2.58. The third-order valence-corrected chi connectivity index (χ3v) is 5.88. The highest BCUT2D eigenvalue weighted by Crippen LogP contribution is 2.41. The van der Waals surface area contributed by atoms with Crippen molar-refractivity contribution in [1.82, 2.24) is 15.1 Å². The van der Waals surface area contributed by atoms with Crippen molar-refractivity contribution in [3.63, 3.8) is 0 Å². The topological polar surface area (TPSA) is 35.6 Å². The Balaban J connectivity index is 3.30. The van der Waals surface area contributed by atoms with Gasteiger partial charge in [-0.05, 0) is 17.3 Å². The lowest BCUT2D eigenvalue weighted by atomic mass is 9.52. The smallest absolute Gasteiger partial charge is 0.154 e. The van der Waals surface area contributed by atoms with Crippen LogP contribution in [0.3, 0.4) is 0 Å². The molecule has 1 N–H and O–H groups in total. The molecule has 1 radical (unpaired) electrons. The minimum Gasteiger partial charge on any atom is -0.383 e. The molecule has 5 heteroatoms. The summed E-state index contributed by atoms with van der Waals surface area (Å²) in [7, 11) is 8.09. The fourth-order valence-corrected chi connectivity index (χ4v) is 2.73. The molecule has 0 aromatic heterocycles. The van der Waals surface area contributed by atoms with E-state index >= 15 is 0 Å². The number of nitrogens with one attached hydrogen (secondary N) is 1. The van der Waals surface area contributed by atoms with Gasteiger partial charge in [-0.2, -0.15) is 0 Å². The first-order chi connectivity index (χ1) is 12.3. The van der Waals surface area contributed by atoms with Gasteiger partial charge in [0.25, 0.3) is 0 Å². The van der Waals surface area contributed by atoms with Gasteiger partial charge in [0.1, 0.15) is 5.82 Å². The van der Waals surface area contributed by atoms with Crippen LogP contribution in [-0.2, 0) is 4.79 Å². The van der Waals surface area contributed by atoms with Crippen molar-refractivity contribution in [2.75, 3.05) is 27.7 Å². The molecule has 0 bridgehead atoms. The van der Waals surface area contributed by atoms with Crippen LogP contribution in [0, 0.1) is 10.8 Å². The summed E-state index contributed by atoms with van der Waals surface area (Å²) < 4.78 is 0. The Morgan fingerprint density at radius 2 is 1.81 bits per heavy atom. The minimum atomic E-state index is 0.150. The van der Waals surface area contributed by atoms with Crippen LogP contribution in [0.25, 0.3) is 0 Å². The Labute approximate surface area is 167 Å². The first-order valence-corrected chi connectivity index (χ1v) is 9.59. The number of hydrogen-bond donors (Lipinski definition) is 1. The molecule has 1 aliphatic rings. The van der Waals surface area contributed by atoms with Crippen molar-refractivity contribution >= 4 is 13.6 Å². The fourth-order valence-electron chi connectivity index (χ4n) is 2.73. The Morgan fingerprint density at radius 3 is 2.30 bits per heavy atom. The molecular formula is C22H37BN3O. The first-order valence-electron chi connectivity index (χ1n) is 9.59. The summed E-state index contributed by atoms with van der Waals surface area (Å²) in [5.41, 5.74) is 3.65. The normalized spacial score (nSPS) is 16.7. The zero-order valence-corrected chi connectivity index (χ0v) is 18.6. The number of hydrogen-bond acceptors (Lipinski definition) is 4. The van der Waals surface area contributed by atoms with Crippen LogP contribution in [0.5, 0.6) is 0 Å². The number of rotatable bonds is 8.